The van der Waals surface area contributed by atoms with Crippen LogP contribution in [0, 0.1) is 0 Å². The maximum absolute atomic E-state index is 12.9. The van der Waals surface area contributed by atoms with Crippen LogP contribution in [-0.4, -0.2) is 37.5 Å². The maximum Gasteiger partial charge on any atom is 0.416 e. The Labute approximate surface area is 188 Å². The van der Waals surface area contributed by atoms with E-state index in [1.807, 2.05) is 4.72 Å². The Morgan fingerprint density at radius 1 is 1.18 bits per heavy atom. The van der Waals surface area contributed by atoms with Gasteiger partial charge in [-0.1, -0.05) is 24.3 Å². The van der Waals surface area contributed by atoms with Crippen LogP contribution < -0.4 is 14.8 Å². The van der Waals surface area contributed by atoms with Crippen LogP contribution in [0.2, 0.25) is 0 Å². The minimum absolute atomic E-state index is 0.466. The largest absolute Gasteiger partial charge is 0.496 e. The van der Waals surface area contributed by atoms with E-state index < -0.39 is 45.2 Å². The maximum atomic E-state index is 12.9. The van der Waals surface area contributed by atoms with Gasteiger partial charge in [-0.15, -0.1) is 0 Å². The highest BCUT2D eigenvalue weighted by atomic mass is 32.2. The van der Waals surface area contributed by atoms with Crippen molar-refractivity contribution >= 4 is 15.9 Å². The van der Waals surface area contributed by atoms with E-state index in [2.05, 4.69) is 10.3 Å². The Morgan fingerprint density at radius 3 is 2.55 bits per heavy atom. The van der Waals surface area contributed by atoms with Gasteiger partial charge < -0.3 is 14.6 Å². The van der Waals surface area contributed by atoms with Crippen LogP contribution in [0.1, 0.15) is 23.0 Å². The van der Waals surface area contributed by atoms with Crippen LogP contribution in [-0.2, 0) is 28.0 Å². The second-order valence-corrected chi connectivity index (χ2v) is 8.76. The molecule has 33 heavy (non-hydrogen) atoms. The van der Waals surface area contributed by atoms with Crippen LogP contribution in [0.15, 0.2) is 65.8 Å². The number of aromatic nitrogens is 2. The molecule has 0 aliphatic heterocycles. The predicted molar refractivity (Wildman–Crippen MR) is 113 cm³/mol. The Balaban J connectivity index is 1.79. The van der Waals surface area contributed by atoms with E-state index in [1.165, 1.54) is 7.11 Å². The summed E-state index contributed by atoms with van der Waals surface area (Å²) in [6.07, 6.45) is -1.48. The Bertz CT molecular complexity index is 1240. The molecule has 0 bridgehead atoms. The minimum Gasteiger partial charge on any atom is -0.496 e. The molecule has 1 aromatic heterocycles. The van der Waals surface area contributed by atoms with Crippen LogP contribution in [0.5, 0.6) is 5.75 Å². The highest BCUT2D eigenvalue weighted by Gasteiger charge is 2.32. The molecule has 3 aromatic rings. The van der Waals surface area contributed by atoms with Crippen molar-refractivity contribution in [1.82, 2.24) is 19.6 Å². The number of ether oxygens (including phenoxy) is 1. The van der Waals surface area contributed by atoms with E-state index in [1.54, 1.807) is 48.3 Å². The number of rotatable bonds is 8. The second kappa shape index (κ2) is 9.63. The van der Waals surface area contributed by atoms with Gasteiger partial charge >= 0.3 is 6.18 Å². The first kappa shape index (κ1) is 24.3. The first-order valence-corrected chi connectivity index (χ1v) is 11.1. The van der Waals surface area contributed by atoms with Crippen LogP contribution >= 0.6 is 0 Å². The normalized spacial score (nSPS) is 12.9. The summed E-state index contributed by atoms with van der Waals surface area (Å²) in [5.41, 5.74) is -0.524. The average molecular weight is 482 g/mol. The zero-order chi connectivity index (χ0) is 24.2. The van der Waals surface area contributed by atoms with Crippen LogP contribution in [0.25, 0.3) is 0 Å². The van der Waals surface area contributed by atoms with Crippen molar-refractivity contribution in [2.24, 2.45) is 7.05 Å². The molecular weight excluding hydrogens is 461 g/mol. The first-order chi connectivity index (χ1) is 15.5. The number of hydrogen-bond donors (Lipinski definition) is 2. The summed E-state index contributed by atoms with van der Waals surface area (Å²) in [6, 6.07) is 9.42. The fraction of sp³-hybridized carbons (Fsp3) is 0.238. The number of alkyl halides is 3. The third kappa shape index (κ3) is 5.71. The van der Waals surface area contributed by atoms with Gasteiger partial charge in [-0.25, -0.2) is 18.1 Å². The number of aryl methyl sites for hydroxylation is 1. The topological polar surface area (TPSA) is 102 Å². The van der Waals surface area contributed by atoms with E-state index in [0.717, 1.165) is 18.2 Å². The van der Waals surface area contributed by atoms with Crippen LogP contribution in [0.4, 0.5) is 13.2 Å². The molecule has 0 fully saturated rings. The van der Waals surface area contributed by atoms with Crippen molar-refractivity contribution in [1.29, 1.82) is 0 Å². The lowest BCUT2D eigenvalue weighted by molar-refractivity contribution is -0.137. The number of halogens is 3. The summed E-state index contributed by atoms with van der Waals surface area (Å²) in [5.74, 6) is 0.230. The smallest absolute Gasteiger partial charge is 0.416 e. The Hall–Kier alpha value is -3.38. The third-order valence-corrected chi connectivity index (χ3v) is 6.17. The molecule has 0 aliphatic rings. The molecule has 1 amide bonds. The summed E-state index contributed by atoms with van der Waals surface area (Å²) < 4.78 is 72.7. The van der Waals surface area contributed by atoms with Gasteiger partial charge in [0.25, 0.3) is 0 Å². The molecule has 0 aliphatic carbocycles. The number of nitrogens with one attached hydrogen (secondary N) is 2. The number of nitrogens with zero attached hydrogens (tertiary/aromatic N) is 2. The fourth-order valence-electron chi connectivity index (χ4n) is 3.14. The number of para-hydroxylation sites is 1. The van der Waals surface area contributed by atoms with Gasteiger partial charge in [0.05, 0.1) is 24.1 Å². The zero-order valence-electron chi connectivity index (χ0n) is 17.6. The molecular formula is C21H21F3N4O4S. The van der Waals surface area contributed by atoms with Crippen molar-refractivity contribution in [3.05, 3.63) is 77.9 Å². The SMILES string of the molecule is COc1ccccc1C(NC(=O)CNS(=O)(=O)c1cccc(C(F)(F)F)c1)c1nccn1C. The summed E-state index contributed by atoms with van der Waals surface area (Å²) in [4.78, 5) is 16.3. The number of benzene rings is 2. The van der Waals surface area contributed by atoms with Crippen molar-refractivity contribution in [2.75, 3.05) is 13.7 Å². The molecule has 12 heteroatoms. The zero-order valence-corrected chi connectivity index (χ0v) is 18.4. The molecule has 0 saturated carbocycles. The molecule has 2 N–H and O–H groups in total. The molecule has 1 heterocycles. The molecule has 2 aromatic carbocycles. The number of methoxy groups -OCH3 is 1. The summed E-state index contributed by atoms with van der Waals surface area (Å²) in [5, 5.41) is 2.70. The van der Waals surface area contributed by atoms with Gasteiger partial charge in [0.2, 0.25) is 15.9 Å². The first-order valence-electron chi connectivity index (χ1n) is 9.59. The molecule has 1 atom stereocenters. The fourth-order valence-corrected chi connectivity index (χ4v) is 4.16. The predicted octanol–water partition coefficient (Wildman–Crippen LogP) is 2.63. The lowest BCUT2D eigenvalue weighted by Gasteiger charge is -2.21. The van der Waals surface area contributed by atoms with E-state index in [4.69, 9.17) is 4.74 Å². The van der Waals surface area contributed by atoms with Crippen molar-refractivity contribution < 1.29 is 31.1 Å². The average Bonchev–Trinajstić information content (AvgIpc) is 3.21. The van der Waals surface area contributed by atoms with E-state index in [9.17, 15) is 26.4 Å². The van der Waals surface area contributed by atoms with Crippen molar-refractivity contribution in [2.45, 2.75) is 17.1 Å². The number of carbonyl (C=O) groups excluding carboxylic acids is 1. The Morgan fingerprint density at radius 2 is 1.91 bits per heavy atom. The number of hydrogen-bond acceptors (Lipinski definition) is 5. The lowest BCUT2D eigenvalue weighted by Crippen LogP contribution is -2.39. The van der Waals surface area contributed by atoms with E-state index in [-0.39, 0.29) is 0 Å². The van der Waals surface area contributed by atoms with Crippen molar-refractivity contribution in [3.8, 4) is 5.75 Å². The highest BCUT2D eigenvalue weighted by Crippen LogP contribution is 2.31. The van der Waals surface area contributed by atoms with Crippen LogP contribution in [0.3, 0.4) is 0 Å². The standard InChI is InChI=1S/C21H21F3N4O4S/c1-28-11-10-25-20(28)19(16-8-3-4-9-17(16)32-2)27-18(29)13-26-33(30,31)15-7-5-6-14(12-15)21(22,23)24/h3-12,19,26H,13H2,1-2H3,(H,27,29). The summed E-state index contributed by atoms with van der Waals surface area (Å²) in [6.45, 7) is -0.700. The van der Waals surface area contributed by atoms with Gasteiger partial charge in [0.1, 0.15) is 17.6 Å². The minimum atomic E-state index is -4.70. The molecule has 0 spiro atoms. The van der Waals surface area contributed by atoms with Gasteiger partial charge in [-0.2, -0.15) is 13.2 Å². The lowest BCUT2D eigenvalue weighted by atomic mass is 10.0. The molecule has 8 nitrogen and oxygen atoms in total. The molecule has 3 rings (SSSR count). The summed E-state index contributed by atoms with van der Waals surface area (Å²) in [7, 11) is -1.17. The van der Waals surface area contributed by atoms with E-state index >= 15 is 0 Å². The second-order valence-electron chi connectivity index (χ2n) is 6.99. The Kier molecular flexibility index (Phi) is 7.08. The number of carbonyl (C=O) groups is 1. The van der Waals surface area contributed by atoms with Crippen molar-refractivity contribution in [3.63, 3.8) is 0 Å². The molecule has 176 valence electrons. The number of sulfonamides is 1. The van der Waals surface area contributed by atoms with Gasteiger partial charge in [0.15, 0.2) is 0 Å². The van der Waals surface area contributed by atoms with E-state index in [0.29, 0.717) is 23.2 Å². The van der Waals surface area contributed by atoms with Gasteiger partial charge in [-0.3, -0.25) is 4.79 Å². The monoisotopic (exact) mass is 482 g/mol. The molecule has 1 unspecified atom stereocenters. The molecule has 0 radical (unpaired) electrons. The summed E-state index contributed by atoms with van der Waals surface area (Å²) >= 11 is 0. The van der Waals surface area contributed by atoms with Gasteiger partial charge in [-0.05, 0) is 24.3 Å². The number of amides is 1. The third-order valence-electron chi connectivity index (χ3n) is 4.77. The quantitative estimate of drug-likeness (QED) is 0.514. The van der Waals surface area contributed by atoms with Gasteiger partial charge in [0, 0.05) is 25.0 Å². The highest BCUT2D eigenvalue weighted by molar-refractivity contribution is 7.89. The number of imidazole rings is 1. The molecule has 0 saturated heterocycles.